The summed E-state index contributed by atoms with van der Waals surface area (Å²) in [5.41, 5.74) is 0. The van der Waals surface area contributed by atoms with Crippen LogP contribution in [0, 0.1) is 11.8 Å². The maximum absolute atomic E-state index is 10.8. The summed E-state index contributed by atoms with van der Waals surface area (Å²) in [7, 11) is 0. The van der Waals surface area contributed by atoms with Gasteiger partial charge in [0.15, 0.2) is 0 Å². The largest absolute Gasteiger partial charge is 0.480 e. The van der Waals surface area contributed by atoms with Crippen molar-refractivity contribution in [2.75, 3.05) is 6.54 Å². The predicted molar refractivity (Wildman–Crippen MR) is 52.0 cm³/mol. The summed E-state index contributed by atoms with van der Waals surface area (Å²) in [4.78, 5) is 10.8. The molecule has 3 atom stereocenters. The summed E-state index contributed by atoms with van der Waals surface area (Å²) < 4.78 is 0. The Balaban J connectivity index is 0.000000845. The lowest BCUT2D eigenvalue weighted by molar-refractivity contribution is -0.140. The van der Waals surface area contributed by atoms with Crippen molar-refractivity contribution in [3.63, 3.8) is 0 Å². The molecule has 1 fully saturated rings. The van der Waals surface area contributed by atoms with Crippen LogP contribution in [0.25, 0.3) is 0 Å². The number of carboxylic acids is 1. The first kappa shape index (κ1) is 10.5. The number of fused-ring (bicyclic) bond motifs is 1. The lowest BCUT2D eigenvalue weighted by Crippen LogP contribution is -2.35. The number of rotatable bonds is 1. The zero-order valence-electron chi connectivity index (χ0n) is 7.27. The van der Waals surface area contributed by atoms with Crippen LogP contribution in [0.1, 0.15) is 12.8 Å². The maximum atomic E-state index is 10.8. The molecule has 13 heavy (non-hydrogen) atoms. The normalized spacial score (nSPS) is 36.5. The van der Waals surface area contributed by atoms with E-state index >= 15 is 0 Å². The van der Waals surface area contributed by atoms with Gasteiger partial charge in [0, 0.05) is 0 Å². The van der Waals surface area contributed by atoms with Crippen LogP contribution < -0.4 is 5.32 Å². The minimum atomic E-state index is -0.696. The van der Waals surface area contributed by atoms with Gasteiger partial charge < -0.3 is 10.4 Å². The molecule has 0 aromatic carbocycles. The van der Waals surface area contributed by atoms with Gasteiger partial charge in [-0.1, -0.05) is 12.2 Å². The molecule has 0 radical (unpaired) electrons. The van der Waals surface area contributed by atoms with Crippen LogP contribution >= 0.6 is 12.4 Å². The Kier molecular flexibility index (Phi) is 3.33. The molecule has 2 N–H and O–H groups in total. The van der Waals surface area contributed by atoms with E-state index in [2.05, 4.69) is 17.5 Å². The molecular weight excluding hydrogens is 190 g/mol. The van der Waals surface area contributed by atoms with Gasteiger partial charge in [-0.3, -0.25) is 4.79 Å². The number of carbonyl (C=O) groups is 1. The van der Waals surface area contributed by atoms with E-state index in [1.165, 1.54) is 0 Å². The molecule has 1 aliphatic carbocycles. The number of nitrogens with one attached hydrogen (secondary N) is 1. The van der Waals surface area contributed by atoms with Gasteiger partial charge in [0.05, 0.1) is 0 Å². The smallest absolute Gasteiger partial charge is 0.321 e. The van der Waals surface area contributed by atoms with E-state index in [1.54, 1.807) is 0 Å². The van der Waals surface area contributed by atoms with Crippen molar-refractivity contribution in [3.8, 4) is 0 Å². The predicted octanol–water partition coefficient (Wildman–Crippen LogP) is 1.05. The van der Waals surface area contributed by atoms with Gasteiger partial charge in [-0.05, 0) is 31.2 Å². The molecule has 4 heteroatoms. The zero-order chi connectivity index (χ0) is 8.55. The molecule has 0 aromatic heterocycles. The summed E-state index contributed by atoms with van der Waals surface area (Å²) in [6, 6.07) is -0.306. The van der Waals surface area contributed by atoms with Crippen LogP contribution in [0.15, 0.2) is 12.2 Å². The monoisotopic (exact) mass is 203 g/mol. The molecule has 1 saturated heterocycles. The highest BCUT2D eigenvalue weighted by atomic mass is 35.5. The Bertz CT molecular complexity index is 230. The van der Waals surface area contributed by atoms with Crippen molar-refractivity contribution in [2.45, 2.75) is 18.9 Å². The highest BCUT2D eigenvalue weighted by Crippen LogP contribution is 2.32. The summed E-state index contributed by atoms with van der Waals surface area (Å²) in [6.45, 7) is 0.867. The van der Waals surface area contributed by atoms with Gasteiger partial charge in [0.1, 0.15) is 6.04 Å². The Morgan fingerprint density at radius 1 is 1.38 bits per heavy atom. The second kappa shape index (κ2) is 4.11. The quantitative estimate of drug-likeness (QED) is 0.627. The molecule has 0 aromatic rings. The highest BCUT2D eigenvalue weighted by Gasteiger charge is 2.39. The van der Waals surface area contributed by atoms with E-state index in [1.807, 2.05) is 0 Å². The van der Waals surface area contributed by atoms with Gasteiger partial charge in [-0.25, -0.2) is 0 Å². The molecule has 74 valence electrons. The third-order valence-electron chi connectivity index (χ3n) is 2.91. The first-order valence-electron chi connectivity index (χ1n) is 4.40. The number of hydrogen-bond donors (Lipinski definition) is 2. The Morgan fingerprint density at radius 2 is 2.08 bits per heavy atom. The lowest BCUT2D eigenvalue weighted by Gasteiger charge is -2.22. The number of carboxylic acid groups (broad SMARTS) is 1. The second-order valence-electron chi connectivity index (χ2n) is 3.59. The van der Waals surface area contributed by atoms with E-state index in [0.717, 1.165) is 19.4 Å². The summed E-state index contributed by atoms with van der Waals surface area (Å²) in [5, 5.41) is 11.9. The molecule has 2 rings (SSSR count). The van der Waals surface area contributed by atoms with E-state index in [-0.39, 0.29) is 18.4 Å². The first-order chi connectivity index (χ1) is 5.79. The summed E-state index contributed by atoms with van der Waals surface area (Å²) in [5.74, 6) is 0.182. The SMILES string of the molecule is Cl.O=C(O)C1NCC2CC=CCC21. The van der Waals surface area contributed by atoms with Crippen LogP contribution in [0.4, 0.5) is 0 Å². The van der Waals surface area contributed by atoms with Gasteiger partial charge in [-0.15, -0.1) is 12.4 Å². The number of hydrogen-bond acceptors (Lipinski definition) is 2. The number of halogens is 1. The van der Waals surface area contributed by atoms with E-state index in [9.17, 15) is 4.79 Å². The molecule has 1 aliphatic heterocycles. The average molecular weight is 204 g/mol. The molecule has 0 bridgehead atoms. The molecule has 1 heterocycles. The first-order valence-corrected chi connectivity index (χ1v) is 4.40. The van der Waals surface area contributed by atoms with Gasteiger partial charge >= 0.3 is 5.97 Å². The minimum absolute atomic E-state index is 0. The van der Waals surface area contributed by atoms with Gasteiger partial charge in [-0.2, -0.15) is 0 Å². The Hall–Kier alpha value is -0.540. The lowest BCUT2D eigenvalue weighted by atomic mass is 9.82. The standard InChI is InChI=1S/C9H13NO2.ClH/c11-9(12)8-7-4-2-1-3-6(7)5-10-8;/h1-2,6-8,10H,3-5H2,(H,11,12);1H. The average Bonchev–Trinajstić information content (AvgIpc) is 2.47. The van der Waals surface area contributed by atoms with Crippen LogP contribution in [-0.4, -0.2) is 23.7 Å². The molecule has 2 aliphatic rings. The van der Waals surface area contributed by atoms with Crippen molar-refractivity contribution in [2.24, 2.45) is 11.8 Å². The third-order valence-corrected chi connectivity index (χ3v) is 2.91. The van der Waals surface area contributed by atoms with Crippen molar-refractivity contribution in [1.29, 1.82) is 0 Å². The van der Waals surface area contributed by atoms with Crippen LogP contribution in [-0.2, 0) is 4.79 Å². The fourth-order valence-corrected chi connectivity index (χ4v) is 2.23. The van der Waals surface area contributed by atoms with Crippen molar-refractivity contribution < 1.29 is 9.90 Å². The zero-order valence-corrected chi connectivity index (χ0v) is 8.09. The van der Waals surface area contributed by atoms with Crippen LogP contribution in [0.3, 0.4) is 0 Å². The third kappa shape index (κ3) is 1.86. The molecule has 3 nitrogen and oxygen atoms in total. The fraction of sp³-hybridized carbons (Fsp3) is 0.667. The van der Waals surface area contributed by atoms with Gasteiger partial charge in [0.25, 0.3) is 0 Å². The van der Waals surface area contributed by atoms with Crippen molar-refractivity contribution in [1.82, 2.24) is 5.32 Å². The molecule has 3 unspecified atom stereocenters. The Labute approximate surface area is 83.6 Å². The number of aliphatic carboxylic acids is 1. The summed E-state index contributed by atoms with van der Waals surface area (Å²) in [6.07, 6.45) is 6.23. The van der Waals surface area contributed by atoms with Crippen molar-refractivity contribution >= 4 is 18.4 Å². The molecule has 0 amide bonds. The number of allylic oxidation sites excluding steroid dienone is 2. The fourth-order valence-electron chi connectivity index (χ4n) is 2.23. The highest BCUT2D eigenvalue weighted by molar-refractivity contribution is 5.85. The van der Waals surface area contributed by atoms with E-state index < -0.39 is 5.97 Å². The van der Waals surface area contributed by atoms with E-state index in [4.69, 9.17) is 5.11 Å². The Morgan fingerprint density at radius 3 is 2.77 bits per heavy atom. The second-order valence-corrected chi connectivity index (χ2v) is 3.59. The minimum Gasteiger partial charge on any atom is -0.480 e. The van der Waals surface area contributed by atoms with Crippen molar-refractivity contribution in [3.05, 3.63) is 12.2 Å². The van der Waals surface area contributed by atoms with Gasteiger partial charge in [0.2, 0.25) is 0 Å². The summed E-state index contributed by atoms with van der Waals surface area (Å²) >= 11 is 0. The molecule has 0 saturated carbocycles. The van der Waals surface area contributed by atoms with E-state index in [0.29, 0.717) is 11.8 Å². The molecule has 0 spiro atoms. The molecular formula is C9H14ClNO2. The maximum Gasteiger partial charge on any atom is 0.321 e. The van der Waals surface area contributed by atoms with Crippen LogP contribution in [0.5, 0.6) is 0 Å². The van der Waals surface area contributed by atoms with Crippen LogP contribution in [0.2, 0.25) is 0 Å². The topological polar surface area (TPSA) is 49.3 Å².